The van der Waals surface area contributed by atoms with Crippen LogP contribution in [0.1, 0.15) is 31.2 Å². The maximum Gasteiger partial charge on any atom is 0.119 e. The van der Waals surface area contributed by atoms with Crippen LogP contribution in [0, 0.1) is 11.8 Å². The second kappa shape index (κ2) is 3.97. The number of allylic oxidation sites excluding steroid dienone is 2. The molecule has 2 bridgehead atoms. The Morgan fingerprint density at radius 2 is 1.94 bits per heavy atom. The Morgan fingerprint density at radius 3 is 2.50 bits per heavy atom. The van der Waals surface area contributed by atoms with Gasteiger partial charge in [-0.2, -0.15) is 0 Å². The molecular formula is C15H18O. The molecule has 0 spiro atoms. The van der Waals surface area contributed by atoms with Crippen molar-refractivity contribution in [3.63, 3.8) is 0 Å². The average Bonchev–Trinajstić information content (AvgIpc) is 2.92. The quantitative estimate of drug-likeness (QED) is 0.696. The van der Waals surface area contributed by atoms with E-state index in [0.29, 0.717) is 0 Å². The van der Waals surface area contributed by atoms with Gasteiger partial charge in [0.05, 0.1) is 6.61 Å². The molecular weight excluding hydrogens is 196 g/mol. The molecule has 16 heavy (non-hydrogen) atoms. The van der Waals surface area contributed by atoms with Crippen molar-refractivity contribution in [2.24, 2.45) is 11.8 Å². The first-order valence-corrected chi connectivity index (χ1v) is 6.28. The van der Waals surface area contributed by atoms with Crippen LogP contribution in [-0.2, 0) is 0 Å². The lowest BCUT2D eigenvalue weighted by Crippen LogP contribution is -2.04. The topological polar surface area (TPSA) is 9.23 Å². The van der Waals surface area contributed by atoms with Crippen LogP contribution in [0.15, 0.2) is 36.4 Å². The molecule has 1 aromatic carbocycles. The zero-order chi connectivity index (χ0) is 11.0. The number of ether oxygens (including phenoxy) is 1. The molecule has 2 aliphatic rings. The van der Waals surface area contributed by atoms with E-state index in [-0.39, 0.29) is 0 Å². The monoisotopic (exact) mass is 214 g/mol. The van der Waals surface area contributed by atoms with Gasteiger partial charge in [-0.05, 0) is 55.2 Å². The van der Waals surface area contributed by atoms with E-state index < -0.39 is 0 Å². The predicted octanol–water partition coefficient (Wildman–Crippen LogP) is 3.76. The minimum atomic E-state index is 0.746. The van der Waals surface area contributed by atoms with Gasteiger partial charge in [0, 0.05) is 0 Å². The molecule has 0 heterocycles. The third kappa shape index (κ3) is 1.64. The molecule has 0 aromatic heterocycles. The standard InChI is InChI=1S/C15H18O/c1-2-16-14-7-5-12(6-8-14)15-10-11-3-4-13(15)9-11/h3-8,11,13,15H,2,9-10H2,1H3. The second-order valence-corrected chi connectivity index (χ2v) is 4.89. The molecule has 3 unspecified atom stereocenters. The molecule has 3 atom stereocenters. The Morgan fingerprint density at radius 1 is 1.12 bits per heavy atom. The SMILES string of the molecule is CCOc1ccc(C2CC3C=CC2C3)cc1. The van der Waals surface area contributed by atoms with E-state index in [0.717, 1.165) is 30.1 Å². The van der Waals surface area contributed by atoms with Crippen molar-refractivity contribution in [2.45, 2.75) is 25.7 Å². The molecule has 3 rings (SSSR count). The van der Waals surface area contributed by atoms with Crippen LogP contribution in [0.25, 0.3) is 0 Å². The van der Waals surface area contributed by atoms with Crippen molar-refractivity contribution in [1.82, 2.24) is 0 Å². The van der Waals surface area contributed by atoms with Crippen molar-refractivity contribution in [3.05, 3.63) is 42.0 Å². The Labute approximate surface area is 97.1 Å². The van der Waals surface area contributed by atoms with Crippen molar-refractivity contribution in [1.29, 1.82) is 0 Å². The van der Waals surface area contributed by atoms with Gasteiger partial charge in [-0.25, -0.2) is 0 Å². The summed E-state index contributed by atoms with van der Waals surface area (Å²) in [6, 6.07) is 8.69. The zero-order valence-corrected chi connectivity index (χ0v) is 9.73. The molecule has 0 radical (unpaired) electrons. The first kappa shape index (κ1) is 9.95. The molecule has 1 fully saturated rings. The van der Waals surface area contributed by atoms with Crippen LogP contribution < -0.4 is 4.74 Å². The smallest absolute Gasteiger partial charge is 0.119 e. The van der Waals surface area contributed by atoms with E-state index >= 15 is 0 Å². The summed E-state index contributed by atoms with van der Waals surface area (Å²) < 4.78 is 5.47. The van der Waals surface area contributed by atoms with Gasteiger partial charge in [-0.1, -0.05) is 24.3 Å². The highest BCUT2D eigenvalue weighted by Crippen LogP contribution is 2.48. The van der Waals surface area contributed by atoms with Crippen molar-refractivity contribution < 1.29 is 4.74 Å². The minimum absolute atomic E-state index is 0.746. The Balaban J connectivity index is 1.77. The van der Waals surface area contributed by atoms with Gasteiger partial charge in [0.2, 0.25) is 0 Å². The van der Waals surface area contributed by atoms with Crippen molar-refractivity contribution in [2.75, 3.05) is 6.61 Å². The van der Waals surface area contributed by atoms with E-state index in [2.05, 4.69) is 36.4 Å². The Bertz CT molecular complexity index is 390. The molecule has 0 aliphatic heterocycles. The highest BCUT2D eigenvalue weighted by molar-refractivity contribution is 5.32. The van der Waals surface area contributed by atoms with Crippen LogP contribution in [0.4, 0.5) is 0 Å². The predicted molar refractivity (Wildman–Crippen MR) is 65.7 cm³/mol. The summed E-state index contributed by atoms with van der Waals surface area (Å²) in [5.41, 5.74) is 1.49. The third-order valence-electron chi connectivity index (χ3n) is 3.90. The van der Waals surface area contributed by atoms with Gasteiger partial charge in [-0.15, -0.1) is 0 Å². The highest BCUT2D eigenvalue weighted by atomic mass is 16.5. The van der Waals surface area contributed by atoms with Crippen molar-refractivity contribution >= 4 is 0 Å². The molecule has 2 aliphatic carbocycles. The second-order valence-electron chi connectivity index (χ2n) is 4.89. The van der Waals surface area contributed by atoms with Crippen molar-refractivity contribution in [3.8, 4) is 5.75 Å². The summed E-state index contributed by atoms with van der Waals surface area (Å²) >= 11 is 0. The summed E-state index contributed by atoms with van der Waals surface area (Å²) in [5.74, 6) is 3.39. The summed E-state index contributed by atoms with van der Waals surface area (Å²) in [5, 5.41) is 0. The fourth-order valence-electron chi connectivity index (χ4n) is 3.14. The fraction of sp³-hybridized carbons (Fsp3) is 0.467. The highest BCUT2D eigenvalue weighted by Gasteiger charge is 2.36. The molecule has 84 valence electrons. The lowest BCUT2D eigenvalue weighted by atomic mass is 9.87. The molecule has 1 nitrogen and oxygen atoms in total. The summed E-state index contributed by atoms with van der Waals surface area (Å²) in [7, 11) is 0. The summed E-state index contributed by atoms with van der Waals surface area (Å²) in [6.07, 6.45) is 7.53. The summed E-state index contributed by atoms with van der Waals surface area (Å²) in [4.78, 5) is 0. The molecule has 0 amide bonds. The third-order valence-corrected chi connectivity index (χ3v) is 3.90. The minimum Gasteiger partial charge on any atom is -0.494 e. The molecule has 1 heteroatoms. The molecule has 1 saturated carbocycles. The zero-order valence-electron chi connectivity index (χ0n) is 9.73. The van der Waals surface area contributed by atoms with E-state index in [1.165, 1.54) is 18.4 Å². The molecule has 0 saturated heterocycles. The molecule has 1 aromatic rings. The van der Waals surface area contributed by atoms with Gasteiger partial charge in [0.1, 0.15) is 5.75 Å². The van der Waals surface area contributed by atoms with Gasteiger partial charge in [0.25, 0.3) is 0 Å². The lowest BCUT2D eigenvalue weighted by Gasteiger charge is -2.18. The van der Waals surface area contributed by atoms with Crippen LogP contribution in [0.2, 0.25) is 0 Å². The number of hydrogen-bond donors (Lipinski definition) is 0. The Kier molecular flexibility index (Phi) is 2.47. The van der Waals surface area contributed by atoms with Crippen LogP contribution in [0.3, 0.4) is 0 Å². The van der Waals surface area contributed by atoms with Gasteiger partial charge >= 0.3 is 0 Å². The summed E-state index contributed by atoms with van der Waals surface area (Å²) in [6.45, 7) is 2.77. The maximum absolute atomic E-state index is 5.47. The van der Waals surface area contributed by atoms with Gasteiger partial charge < -0.3 is 4.74 Å². The normalized spacial score (nSPS) is 30.9. The first-order valence-electron chi connectivity index (χ1n) is 6.28. The average molecular weight is 214 g/mol. The van der Waals surface area contributed by atoms with Crippen LogP contribution >= 0.6 is 0 Å². The maximum atomic E-state index is 5.47. The van der Waals surface area contributed by atoms with E-state index in [1.54, 1.807) is 0 Å². The van der Waals surface area contributed by atoms with Gasteiger partial charge in [0.15, 0.2) is 0 Å². The number of hydrogen-bond acceptors (Lipinski definition) is 1. The Hall–Kier alpha value is -1.24. The van der Waals surface area contributed by atoms with Crippen LogP contribution in [-0.4, -0.2) is 6.61 Å². The largest absolute Gasteiger partial charge is 0.494 e. The molecule has 0 N–H and O–H groups in total. The van der Waals surface area contributed by atoms with E-state index in [4.69, 9.17) is 4.74 Å². The number of rotatable bonds is 3. The number of fused-ring (bicyclic) bond motifs is 2. The first-order chi connectivity index (χ1) is 7.86. The van der Waals surface area contributed by atoms with E-state index in [9.17, 15) is 0 Å². The fourth-order valence-corrected chi connectivity index (χ4v) is 3.14. The van der Waals surface area contributed by atoms with Crippen LogP contribution in [0.5, 0.6) is 5.75 Å². The lowest BCUT2D eigenvalue weighted by molar-refractivity contribution is 0.340. The van der Waals surface area contributed by atoms with Gasteiger partial charge in [-0.3, -0.25) is 0 Å². The van der Waals surface area contributed by atoms with E-state index in [1.807, 2.05) is 6.92 Å². The number of benzene rings is 1.